The molecule has 146 valence electrons. The molecule has 2 aromatic rings. The molecule has 7 heteroatoms. The van der Waals surface area contributed by atoms with E-state index in [1.165, 1.54) is 18.2 Å². The normalized spacial score (nSPS) is 15.5. The molecule has 0 aromatic heterocycles. The molecule has 0 amide bonds. The molecule has 0 aliphatic carbocycles. The Kier molecular flexibility index (Phi) is 6.14. The van der Waals surface area contributed by atoms with Crippen molar-refractivity contribution >= 4 is 23.3 Å². The summed E-state index contributed by atoms with van der Waals surface area (Å²) in [6.07, 6.45) is -0.319. The van der Waals surface area contributed by atoms with Crippen molar-refractivity contribution in [2.75, 3.05) is 11.5 Å². The van der Waals surface area contributed by atoms with E-state index < -0.39 is 17.7 Å². The molecule has 1 aliphatic heterocycles. The third-order valence-electron chi connectivity index (χ3n) is 4.10. The molecule has 3 rings (SSSR count). The minimum Gasteiger partial charge on any atom is -0.489 e. The third-order valence-corrected chi connectivity index (χ3v) is 5.32. The fourth-order valence-electron chi connectivity index (χ4n) is 2.61. The second kappa shape index (κ2) is 8.56. The van der Waals surface area contributed by atoms with Crippen molar-refractivity contribution < 1.29 is 27.8 Å². The molecule has 1 aliphatic rings. The molecule has 3 nitrogen and oxygen atoms in total. The predicted octanol–water partition coefficient (Wildman–Crippen LogP) is 5.27. The van der Waals surface area contributed by atoms with Crippen LogP contribution in [0.15, 0.2) is 66.8 Å². The maximum Gasteiger partial charge on any atom is 0.416 e. The van der Waals surface area contributed by atoms with Crippen LogP contribution in [-0.2, 0) is 11.0 Å². The fraction of sp³-hybridized carbons (Fsp3) is 0.190. The minimum atomic E-state index is -4.41. The highest BCUT2D eigenvalue weighted by Crippen LogP contribution is 2.32. The molecule has 2 aromatic carbocycles. The summed E-state index contributed by atoms with van der Waals surface area (Å²) in [5.74, 6) is 1.53. The molecular weight excluding hydrogens is 389 g/mol. The lowest BCUT2D eigenvalue weighted by atomic mass is 9.96. The predicted molar refractivity (Wildman–Crippen MR) is 103 cm³/mol. The Hall–Kier alpha value is -2.67. The third kappa shape index (κ3) is 5.19. The maximum absolute atomic E-state index is 12.8. The lowest BCUT2D eigenvalue weighted by molar-refractivity contribution is -0.137. The van der Waals surface area contributed by atoms with Crippen molar-refractivity contribution in [3.05, 3.63) is 83.4 Å². The van der Waals surface area contributed by atoms with E-state index in [2.05, 4.69) is 0 Å². The van der Waals surface area contributed by atoms with Crippen LogP contribution in [0.3, 0.4) is 0 Å². The number of hydrogen-bond donors (Lipinski definition) is 1. The first-order valence-electron chi connectivity index (χ1n) is 8.47. The van der Waals surface area contributed by atoms with Gasteiger partial charge in [0.15, 0.2) is 0 Å². The summed E-state index contributed by atoms with van der Waals surface area (Å²) in [5.41, 5.74) is 1.16. The number of aliphatic carboxylic acids is 1. The Morgan fingerprint density at radius 3 is 2.07 bits per heavy atom. The fourth-order valence-corrected chi connectivity index (χ4v) is 3.18. The molecule has 0 spiro atoms. The van der Waals surface area contributed by atoms with Gasteiger partial charge in [-0.2, -0.15) is 24.9 Å². The summed E-state index contributed by atoms with van der Waals surface area (Å²) in [4.78, 5) is 10.7. The van der Waals surface area contributed by atoms with E-state index in [9.17, 15) is 18.0 Å². The van der Waals surface area contributed by atoms with E-state index in [0.717, 1.165) is 41.0 Å². The number of carbonyl (C=O) groups is 1. The highest BCUT2D eigenvalue weighted by Gasteiger charge is 2.30. The molecule has 0 bridgehead atoms. The monoisotopic (exact) mass is 406 g/mol. The first-order chi connectivity index (χ1) is 13.3. The highest BCUT2D eigenvalue weighted by molar-refractivity contribution is 8.00. The van der Waals surface area contributed by atoms with Gasteiger partial charge < -0.3 is 9.84 Å². The largest absolute Gasteiger partial charge is 0.489 e. The Labute approximate surface area is 164 Å². The number of rotatable bonds is 6. The molecule has 0 unspecified atom stereocenters. The minimum absolute atomic E-state index is 0.208. The van der Waals surface area contributed by atoms with Gasteiger partial charge in [-0.15, -0.1) is 0 Å². The first kappa shape index (κ1) is 20.1. The average molecular weight is 406 g/mol. The molecule has 1 heterocycles. The summed E-state index contributed by atoms with van der Waals surface area (Å²) in [6, 6.07) is 12.0. The van der Waals surface area contributed by atoms with Gasteiger partial charge >= 0.3 is 12.1 Å². The van der Waals surface area contributed by atoms with E-state index in [1.54, 1.807) is 30.3 Å². The second-order valence-corrected chi connectivity index (χ2v) is 7.23. The Morgan fingerprint density at radius 2 is 1.61 bits per heavy atom. The van der Waals surface area contributed by atoms with Crippen molar-refractivity contribution in [3.63, 3.8) is 0 Å². The van der Waals surface area contributed by atoms with E-state index in [0.29, 0.717) is 11.1 Å². The number of carboxylic acids is 1. The van der Waals surface area contributed by atoms with Gasteiger partial charge in [-0.1, -0.05) is 36.4 Å². The molecule has 1 N–H and O–H groups in total. The molecule has 28 heavy (non-hydrogen) atoms. The zero-order chi connectivity index (χ0) is 20.1. The van der Waals surface area contributed by atoms with E-state index >= 15 is 0 Å². The Bertz CT molecular complexity index is 881. The van der Waals surface area contributed by atoms with Gasteiger partial charge in [-0.3, -0.25) is 0 Å². The van der Waals surface area contributed by atoms with Crippen molar-refractivity contribution in [1.82, 2.24) is 0 Å². The van der Waals surface area contributed by atoms with Crippen LogP contribution in [0.1, 0.15) is 16.7 Å². The van der Waals surface area contributed by atoms with Crippen LogP contribution in [0.25, 0.3) is 5.57 Å². The quantitative estimate of drug-likeness (QED) is 0.524. The SMILES string of the molecule is O=C(O)C=CC=C(c1ccc(OC2CSC2)cc1)c1ccc(C(F)(F)F)cc1. The number of thioether (sulfide) groups is 1. The van der Waals surface area contributed by atoms with E-state index in [1.807, 2.05) is 11.8 Å². The number of allylic oxidation sites excluding steroid dienone is 2. The second-order valence-electron chi connectivity index (χ2n) is 6.15. The smallest absolute Gasteiger partial charge is 0.416 e. The number of ether oxygens (including phenoxy) is 1. The molecule has 0 atom stereocenters. The Balaban J connectivity index is 1.89. The van der Waals surface area contributed by atoms with Gasteiger partial charge in [-0.25, -0.2) is 4.79 Å². The maximum atomic E-state index is 12.8. The van der Waals surface area contributed by atoms with Crippen LogP contribution in [0, 0.1) is 0 Å². The molecule has 0 saturated carbocycles. The van der Waals surface area contributed by atoms with Crippen LogP contribution < -0.4 is 4.74 Å². The lowest BCUT2D eigenvalue weighted by Crippen LogP contribution is -2.30. The van der Waals surface area contributed by atoms with Gasteiger partial charge in [0.05, 0.1) is 5.56 Å². The summed E-state index contributed by atoms with van der Waals surface area (Å²) in [6.45, 7) is 0. The molecular formula is C21H17F3O3S. The summed E-state index contributed by atoms with van der Waals surface area (Å²) >= 11 is 1.81. The number of alkyl halides is 3. The lowest BCUT2D eigenvalue weighted by Gasteiger charge is -2.25. The number of benzene rings is 2. The zero-order valence-corrected chi connectivity index (χ0v) is 15.5. The van der Waals surface area contributed by atoms with Gasteiger partial charge in [-0.05, 0) is 41.0 Å². The topological polar surface area (TPSA) is 46.5 Å². The standard InChI is InChI=1S/C21H17F3O3S/c22-21(23,24)16-8-4-14(5-9-16)19(2-1-3-20(25)26)15-6-10-17(11-7-15)27-18-12-28-13-18/h1-11,18H,12-13H2,(H,25,26). The first-order valence-corrected chi connectivity index (χ1v) is 9.62. The van der Waals surface area contributed by atoms with Crippen molar-refractivity contribution in [1.29, 1.82) is 0 Å². The van der Waals surface area contributed by atoms with Crippen molar-refractivity contribution in [2.45, 2.75) is 12.3 Å². The van der Waals surface area contributed by atoms with Crippen LogP contribution >= 0.6 is 11.8 Å². The van der Waals surface area contributed by atoms with Crippen LogP contribution in [0.2, 0.25) is 0 Å². The number of carboxylic acid groups (broad SMARTS) is 1. The van der Waals surface area contributed by atoms with Crippen LogP contribution in [0.5, 0.6) is 5.75 Å². The molecule has 1 saturated heterocycles. The molecule has 0 radical (unpaired) electrons. The average Bonchev–Trinajstić information content (AvgIpc) is 2.62. The zero-order valence-electron chi connectivity index (χ0n) is 14.6. The van der Waals surface area contributed by atoms with Crippen LogP contribution in [-0.4, -0.2) is 28.7 Å². The van der Waals surface area contributed by atoms with Crippen molar-refractivity contribution in [2.24, 2.45) is 0 Å². The van der Waals surface area contributed by atoms with Gasteiger partial charge in [0, 0.05) is 17.6 Å². The van der Waals surface area contributed by atoms with Gasteiger partial charge in [0.1, 0.15) is 11.9 Å². The summed E-state index contributed by atoms with van der Waals surface area (Å²) in [7, 11) is 0. The van der Waals surface area contributed by atoms with Crippen molar-refractivity contribution in [3.8, 4) is 5.75 Å². The number of hydrogen-bond acceptors (Lipinski definition) is 3. The van der Waals surface area contributed by atoms with E-state index in [4.69, 9.17) is 9.84 Å². The van der Waals surface area contributed by atoms with Gasteiger partial charge in [0.25, 0.3) is 0 Å². The Morgan fingerprint density at radius 1 is 1.04 bits per heavy atom. The summed E-state index contributed by atoms with van der Waals surface area (Å²) in [5, 5.41) is 8.78. The number of halogens is 3. The van der Waals surface area contributed by atoms with Gasteiger partial charge in [0.2, 0.25) is 0 Å². The van der Waals surface area contributed by atoms with Crippen LogP contribution in [0.4, 0.5) is 13.2 Å². The summed E-state index contributed by atoms with van der Waals surface area (Å²) < 4.78 is 44.2. The highest BCUT2D eigenvalue weighted by atomic mass is 32.2. The molecule has 1 fully saturated rings. The van der Waals surface area contributed by atoms with E-state index in [-0.39, 0.29) is 6.10 Å².